The summed E-state index contributed by atoms with van der Waals surface area (Å²) in [6.07, 6.45) is 10.0. The lowest BCUT2D eigenvalue weighted by Crippen LogP contribution is -2.46. The highest BCUT2D eigenvalue weighted by molar-refractivity contribution is 4.85. The van der Waals surface area contributed by atoms with E-state index in [1.165, 1.54) is 44.9 Å². The molecule has 0 saturated heterocycles. The van der Waals surface area contributed by atoms with Crippen molar-refractivity contribution < 1.29 is 5.11 Å². The van der Waals surface area contributed by atoms with Crippen LogP contribution in [0.4, 0.5) is 0 Å². The Morgan fingerprint density at radius 3 is 2.15 bits per heavy atom. The molecule has 0 amide bonds. The fraction of sp³-hybridized carbons (Fsp3) is 1.00. The van der Waals surface area contributed by atoms with E-state index in [9.17, 15) is 5.11 Å². The zero-order chi connectivity index (χ0) is 9.10. The van der Waals surface area contributed by atoms with Crippen molar-refractivity contribution in [3.8, 4) is 0 Å². The van der Waals surface area contributed by atoms with Crippen LogP contribution < -0.4 is 5.32 Å². The predicted octanol–water partition coefficient (Wildman–Crippen LogP) is 1.82. The van der Waals surface area contributed by atoms with Crippen LogP contribution in [-0.4, -0.2) is 23.3 Å². The first-order valence-electron chi connectivity index (χ1n) is 5.80. The third-order valence-corrected chi connectivity index (χ3v) is 3.53. The van der Waals surface area contributed by atoms with Crippen molar-refractivity contribution in [2.45, 2.75) is 69.6 Å². The maximum absolute atomic E-state index is 9.77. The molecule has 2 heteroatoms. The lowest BCUT2D eigenvalue weighted by Gasteiger charge is -2.31. The fourth-order valence-electron chi connectivity index (χ4n) is 2.70. The van der Waals surface area contributed by atoms with Crippen molar-refractivity contribution in [2.24, 2.45) is 0 Å². The van der Waals surface area contributed by atoms with Gasteiger partial charge in [0.1, 0.15) is 0 Å². The van der Waals surface area contributed by atoms with E-state index in [2.05, 4.69) is 5.32 Å². The third kappa shape index (κ3) is 2.44. The predicted molar refractivity (Wildman–Crippen MR) is 53.7 cm³/mol. The summed E-state index contributed by atoms with van der Waals surface area (Å²) in [4.78, 5) is 0. The molecule has 2 aliphatic rings. The molecule has 2 saturated carbocycles. The maximum Gasteiger partial charge on any atom is 0.0693 e. The smallest absolute Gasteiger partial charge is 0.0693 e. The van der Waals surface area contributed by atoms with Gasteiger partial charge in [0.05, 0.1) is 6.10 Å². The highest BCUT2D eigenvalue weighted by Crippen LogP contribution is 2.23. The fourth-order valence-corrected chi connectivity index (χ4v) is 2.70. The van der Waals surface area contributed by atoms with Gasteiger partial charge in [-0.3, -0.25) is 0 Å². The number of hydrogen-bond donors (Lipinski definition) is 2. The quantitative estimate of drug-likeness (QED) is 0.684. The minimum Gasteiger partial charge on any atom is -0.392 e. The largest absolute Gasteiger partial charge is 0.392 e. The van der Waals surface area contributed by atoms with Gasteiger partial charge in [-0.15, -0.1) is 0 Å². The highest BCUT2D eigenvalue weighted by atomic mass is 16.3. The molecule has 0 bridgehead atoms. The lowest BCUT2D eigenvalue weighted by atomic mass is 9.92. The summed E-state index contributed by atoms with van der Waals surface area (Å²) in [5.41, 5.74) is 0. The van der Waals surface area contributed by atoms with Gasteiger partial charge in [-0.1, -0.05) is 25.7 Å². The van der Waals surface area contributed by atoms with Crippen LogP contribution in [0.1, 0.15) is 51.4 Å². The third-order valence-electron chi connectivity index (χ3n) is 3.53. The summed E-state index contributed by atoms with van der Waals surface area (Å²) in [5.74, 6) is 0. The lowest BCUT2D eigenvalue weighted by molar-refractivity contribution is 0.0852. The molecule has 2 aliphatic carbocycles. The van der Waals surface area contributed by atoms with Crippen LogP contribution in [0, 0.1) is 0 Å². The number of aliphatic hydroxyl groups excluding tert-OH is 1. The molecular formula is C11H21NO. The zero-order valence-electron chi connectivity index (χ0n) is 8.34. The minimum atomic E-state index is -0.0747. The van der Waals surface area contributed by atoms with Gasteiger partial charge in [0, 0.05) is 12.1 Å². The number of hydrogen-bond acceptors (Lipinski definition) is 2. The Morgan fingerprint density at radius 2 is 1.46 bits per heavy atom. The van der Waals surface area contributed by atoms with Crippen LogP contribution in [-0.2, 0) is 0 Å². The Labute approximate surface area is 80.7 Å². The van der Waals surface area contributed by atoms with Crippen molar-refractivity contribution in [3.63, 3.8) is 0 Å². The molecule has 2 N–H and O–H groups in total. The minimum absolute atomic E-state index is 0.0747. The van der Waals surface area contributed by atoms with E-state index in [0.29, 0.717) is 12.1 Å². The van der Waals surface area contributed by atoms with Gasteiger partial charge in [0.15, 0.2) is 0 Å². The van der Waals surface area contributed by atoms with E-state index in [0.717, 1.165) is 6.42 Å². The van der Waals surface area contributed by atoms with Gasteiger partial charge in [0.2, 0.25) is 0 Å². The van der Waals surface area contributed by atoms with Crippen LogP contribution in [0.5, 0.6) is 0 Å². The summed E-state index contributed by atoms with van der Waals surface area (Å²) in [6.45, 7) is 0. The van der Waals surface area contributed by atoms with E-state index in [1.54, 1.807) is 0 Å². The topological polar surface area (TPSA) is 32.3 Å². The van der Waals surface area contributed by atoms with Crippen LogP contribution in [0.15, 0.2) is 0 Å². The van der Waals surface area contributed by atoms with Crippen molar-refractivity contribution in [1.82, 2.24) is 5.32 Å². The van der Waals surface area contributed by atoms with Gasteiger partial charge < -0.3 is 10.4 Å². The van der Waals surface area contributed by atoms with E-state index in [-0.39, 0.29) is 6.10 Å². The molecule has 0 aromatic heterocycles. The maximum atomic E-state index is 9.77. The van der Waals surface area contributed by atoms with Gasteiger partial charge in [-0.05, 0) is 25.7 Å². The number of rotatable bonds is 2. The molecule has 0 heterocycles. The van der Waals surface area contributed by atoms with E-state index in [1.807, 2.05) is 0 Å². The summed E-state index contributed by atoms with van der Waals surface area (Å²) in [6, 6.07) is 1.11. The molecule has 2 rings (SSSR count). The Hall–Kier alpha value is -0.0800. The van der Waals surface area contributed by atoms with Gasteiger partial charge in [-0.25, -0.2) is 0 Å². The van der Waals surface area contributed by atoms with Crippen LogP contribution in [0.3, 0.4) is 0 Å². The van der Waals surface area contributed by atoms with Crippen LogP contribution in [0.2, 0.25) is 0 Å². The second-order valence-corrected chi connectivity index (χ2v) is 4.61. The summed E-state index contributed by atoms with van der Waals surface area (Å²) < 4.78 is 0. The zero-order valence-corrected chi connectivity index (χ0v) is 8.34. The molecule has 76 valence electrons. The first-order valence-corrected chi connectivity index (χ1v) is 5.80. The molecular weight excluding hydrogens is 162 g/mol. The molecule has 13 heavy (non-hydrogen) atoms. The van der Waals surface area contributed by atoms with E-state index in [4.69, 9.17) is 0 Å². The molecule has 0 aromatic rings. The number of nitrogens with one attached hydrogen (secondary N) is 1. The van der Waals surface area contributed by atoms with Gasteiger partial charge in [-0.2, -0.15) is 0 Å². The second-order valence-electron chi connectivity index (χ2n) is 4.61. The summed E-state index contributed by atoms with van der Waals surface area (Å²) in [7, 11) is 0. The Balaban J connectivity index is 1.78. The average Bonchev–Trinajstić information content (AvgIpc) is 2.61. The normalized spacial score (nSPS) is 36.7. The molecule has 0 aromatic carbocycles. The summed E-state index contributed by atoms with van der Waals surface area (Å²) in [5, 5.41) is 13.4. The summed E-state index contributed by atoms with van der Waals surface area (Å²) >= 11 is 0. The van der Waals surface area contributed by atoms with E-state index < -0.39 is 0 Å². The SMILES string of the molecule is OC1CCCCC1NC1CCCC1. The average molecular weight is 183 g/mol. The van der Waals surface area contributed by atoms with Crippen LogP contribution >= 0.6 is 0 Å². The Kier molecular flexibility index (Phi) is 3.23. The van der Waals surface area contributed by atoms with Crippen molar-refractivity contribution >= 4 is 0 Å². The molecule has 0 spiro atoms. The van der Waals surface area contributed by atoms with Crippen molar-refractivity contribution in [3.05, 3.63) is 0 Å². The van der Waals surface area contributed by atoms with Crippen molar-refractivity contribution in [2.75, 3.05) is 0 Å². The monoisotopic (exact) mass is 183 g/mol. The molecule has 2 atom stereocenters. The molecule has 2 unspecified atom stereocenters. The highest BCUT2D eigenvalue weighted by Gasteiger charge is 2.26. The number of aliphatic hydroxyl groups is 1. The second kappa shape index (κ2) is 4.43. The molecule has 0 aliphatic heterocycles. The van der Waals surface area contributed by atoms with Gasteiger partial charge >= 0.3 is 0 Å². The Morgan fingerprint density at radius 1 is 0.846 bits per heavy atom. The first-order chi connectivity index (χ1) is 6.36. The molecule has 2 fully saturated rings. The van der Waals surface area contributed by atoms with Gasteiger partial charge in [0.25, 0.3) is 0 Å². The molecule has 2 nitrogen and oxygen atoms in total. The Bertz CT molecular complexity index is 154. The van der Waals surface area contributed by atoms with Crippen LogP contribution in [0.25, 0.3) is 0 Å². The first kappa shape index (κ1) is 9.47. The standard InChI is InChI=1S/C11H21NO/c13-11-8-4-3-7-10(11)12-9-5-1-2-6-9/h9-13H,1-8H2. The molecule has 0 radical (unpaired) electrons. The van der Waals surface area contributed by atoms with E-state index >= 15 is 0 Å². The van der Waals surface area contributed by atoms with Crippen molar-refractivity contribution in [1.29, 1.82) is 0 Å².